The van der Waals surface area contributed by atoms with Crippen LogP contribution in [-0.4, -0.2) is 80.7 Å². The summed E-state index contributed by atoms with van der Waals surface area (Å²) in [5.74, 6) is 0.851. The van der Waals surface area contributed by atoms with Crippen molar-refractivity contribution < 1.29 is 19.1 Å². The largest absolute Gasteiger partial charge is 0.497 e. The summed E-state index contributed by atoms with van der Waals surface area (Å²) in [7, 11) is 1.60. The predicted molar refractivity (Wildman–Crippen MR) is 92.7 cm³/mol. The molecule has 0 aromatic heterocycles. The standard InChI is InChI=1S/C18H25N3O4/c1-24-16-4-2-14(3-5-16)18(23)21-9-7-20(8-10-21)17(22)12-15-13-25-11-6-19-15/h2-5,15,19H,6-13H2,1H3. The molecule has 7 heteroatoms. The van der Waals surface area contributed by atoms with Gasteiger partial charge < -0.3 is 24.6 Å². The van der Waals surface area contributed by atoms with E-state index in [4.69, 9.17) is 9.47 Å². The van der Waals surface area contributed by atoms with Crippen molar-refractivity contribution in [3.8, 4) is 5.75 Å². The van der Waals surface area contributed by atoms with Crippen LogP contribution in [0.5, 0.6) is 5.75 Å². The first-order chi connectivity index (χ1) is 12.2. The number of methoxy groups -OCH3 is 1. The van der Waals surface area contributed by atoms with Gasteiger partial charge in [-0.05, 0) is 24.3 Å². The highest BCUT2D eigenvalue weighted by Crippen LogP contribution is 2.15. The lowest BCUT2D eigenvalue weighted by Crippen LogP contribution is -2.52. The highest BCUT2D eigenvalue weighted by molar-refractivity contribution is 5.94. The second-order valence-corrected chi connectivity index (χ2v) is 6.33. The van der Waals surface area contributed by atoms with Gasteiger partial charge >= 0.3 is 0 Å². The normalized spacial score (nSPS) is 21.1. The first-order valence-electron chi connectivity index (χ1n) is 8.69. The van der Waals surface area contributed by atoms with E-state index in [0.29, 0.717) is 51.4 Å². The zero-order valence-electron chi connectivity index (χ0n) is 14.6. The number of nitrogens with one attached hydrogen (secondary N) is 1. The van der Waals surface area contributed by atoms with Crippen molar-refractivity contribution in [2.45, 2.75) is 12.5 Å². The zero-order valence-corrected chi connectivity index (χ0v) is 14.6. The van der Waals surface area contributed by atoms with Crippen LogP contribution in [-0.2, 0) is 9.53 Å². The fourth-order valence-electron chi connectivity index (χ4n) is 3.17. The average Bonchev–Trinajstić information content (AvgIpc) is 2.68. The molecule has 2 heterocycles. The number of benzene rings is 1. The van der Waals surface area contributed by atoms with Crippen molar-refractivity contribution in [3.63, 3.8) is 0 Å². The highest BCUT2D eigenvalue weighted by atomic mass is 16.5. The summed E-state index contributed by atoms with van der Waals surface area (Å²) in [6.45, 7) is 4.36. The number of nitrogens with zero attached hydrogens (tertiary/aromatic N) is 2. The summed E-state index contributed by atoms with van der Waals surface area (Å²) in [5.41, 5.74) is 0.643. The minimum Gasteiger partial charge on any atom is -0.497 e. The van der Waals surface area contributed by atoms with Crippen molar-refractivity contribution in [1.29, 1.82) is 0 Å². The number of rotatable bonds is 4. The monoisotopic (exact) mass is 347 g/mol. The van der Waals surface area contributed by atoms with Crippen LogP contribution >= 0.6 is 0 Å². The van der Waals surface area contributed by atoms with Crippen LogP contribution in [0.15, 0.2) is 24.3 Å². The second kappa shape index (κ2) is 8.31. The van der Waals surface area contributed by atoms with E-state index in [-0.39, 0.29) is 17.9 Å². The molecule has 2 saturated heterocycles. The maximum Gasteiger partial charge on any atom is 0.253 e. The van der Waals surface area contributed by atoms with Crippen LogP contribution in [0.3, 0.4) is 0 Å². The Kier molecular flexibility index (Phi) is 5.88. The third-order valence-electron chi connectivity index (χ3n) is 4.68. The van der Waals surface area contributed by atoms with Crippen molar-refractivity contribution in [2.75, 3.05) is 53.0 Å². The van der Waals surface area contributed by atoms with Crippen LogP contribution in [0.25, 0.3) is 0 Å². The summed E-state index contributed by atoms with van der Waals surface area (Å²) in [6.07, 6.45) is 0.451. The van der Waals surface area contributed by atoms with Gasteiger partial charge in [0, 0.05) is 50.7 Å². The van der Waals surface area contributed by atoms with Crippen LogP contribution in [0.2, 0.25) is 0 Å². The highest BCUT2D eigenvalue weighted by Gasteiger charge is 2.26. The fourth-order valence-corrected chi connectivity index (χ4v) is 3.17. The quantitative estimate of drug-likeness (QED) is 0.851. The zero-order chi connectivity index (χ0) is 17.6. The Bertz CT molecular complexity index is 591. The van der Waals surface area contributed by atoms with Crippen LogP contribution in [0.4, 0.5) is 0 Å². The van der Waals surface area contributed by atoms with E-state index in [2.05, 4.69) is 5.32 Å². The van der Waals surface area contributed by atoms with E-state index in [1.54, 1.807) is 36.3 Å². The number of hydrogen-bond acceptors (Lipinski definition) is 5. The molecule has 1 aromatic carbocycles. The average molecular weight is 347 g/mol. The van der Waals surface area contributed by atoms with Crippen molar-refractivity contribution in [2.24, 2.45) is 0 Å². The smallest absolute Gasteiger partial charge is 0.253 e. The number of hydrogen-bond donors (Lipinski definition) is 1. The van der Waals surface area contributed by atoms with E-state index in [0.717, 1.165) is 12.3 Å². The molecule has 0 bridgehead atoms. The minimum atomic E-state index is -0.00269. The molecule has 2 aliphatic rings. The van der Waals surface area contributed by atoms with Gasteiger partial charge in [0.15, 0.2) is 0 Å². The molecule has 1 aromatic rings. The van der Waals surface area contributed by atoms with Gasteiger partial charge in [0.1, 0.15) is 5.75 Å². The lowest BCUT2D eigenvalue weighted by Gasteiger charge is -2.36. The summed E-state index contributed by atoms with van der Waals surface area (Å²) in [6, 6.07) is 7.21. The molecular weight excluding hydrogens is 322 g/mol. The Hall–Kier alpha value is -2.12. The lowest BCUT2D eigenvalue weighted by molar-refractivity contribution is -0.133. The van der Waals surface area contributed by atoms with Gasteiger partial charge in [-0.25, -0.2) is 0 Å². The first-order valence-corrected chi connectivity index (χ1v) is 8.69. The first kappa shape index (κ1) is 17.7. The van der Waals surface area contributed by atoms with Crippen LogP contribution in [0.1, 0.15) is 16.8 Å². The Morgan fingerprint density at radius 3 is 2.44 bits per heavy atom. The lowest BCUT2D eigenvalue weighted by atomic mass is 10.1. The summed E-state index contributed by atoms with van der Waals surface area (Å²) >= 11 is 0. The Balaban J connectivity index is 1.48. The van der Waals surface area contributed by atoms with E-state index in [1.165, 1.54) is 0 Å². The maximum absolute atomic E-state index is 12.5. The van der Waals surface area contributed by atoms with Gasteiger partial charge in [-0.3, -0.25) is 9.59 Å². The molecule has 1 unspecified atom stereocenters. The molecular formula is C18H25N3O4. The fraction of sp³-hybridized carbons (Fsp3) is 0.556. The summed E-state index contributed by atoms with van der Waals surface area (Å²) in [5, 5.41) is 3.30. The molecule has 1 atom stereocenters. The summed E-state index contributed by atoms with van der Waals surface area (Å²) < 4.78 is 10.5. The van der Waals surface area contributed by atoms with E-state index < -0.39 is 0 Å². The van der Waals surface area contributed by atoms with Crippen LogP contribution < -0.4 is 10.1 Å². The molecule has 0 radical (unpaired) electrons. The minimum absolute atomic E-state index is 0.00269. The Labute approximate surface area is 147 Å². The van der Waals surface area contributed by atoms with Gasteiger partial charge in [-0.2, -0.15) is 0 Å². The number of ether oxygens (including phenoxy) is 2. The molecule has 0 spiro atoms. The van der Waals surface area contributed by atoms with Gasteiger partial charge in [-0.15, -0.1) is 0 Å². The van der Waals surface area contributed by atoms with Crippen molar-refractivity contribution in [3.05, 3.63) is 29.8 Å². The molecule has 3 rings (SSSR count). The molecule has 2 amide bonds. The van der Waals surface area contributed by atoms with Crippen LogP contribution in [0, 0.1) is 0 Å². The molecule has 2 aliphatic heterocycles. The molecule has 0 saturated carbocycles. The summed E-state index contributed by atoms with van der Waals surface area (Å²) in [4.78, 5) is 28.6. The number of morpholine rings is 1. The van der Waals surface area contributed by atoms with Gasteiger partial charge in [0.05, 0.1) is 20.3 Å². The van der Waals surface area contributed by atoms with Gasteiger partial charge in [0.2, 0.25) is 5.91 Å². The Morgan fingerprint density at radius 1 is 1.16 bits per heavy atom. The molecule has 1 N–H and O–H groups in total. The van der Waals surface area contributed by atoms with Crippen molar-refractivity contribution in [1.82, 2.24) is 15.1 Å². The van der Waals surface area contributed by atoms with E-state index >= 15 is 0 Å². The molecule has 2 fully saturated rings. The van der Waals surface area contributed by atoms with E-state index in [9.17, 15) is 9.59 Å². The van der Waals surface area contributed by atoms with Gasteiger partial charge in [-0.1, -0.05) is 0 Å². The number of amides is 2. The second-order valence-electron chi connectivity index (χ2n) is 6.33. The SMILES string of the molecule is COc1ccc(C(=O)N2CCN(C(=O)CC3COCCN3)CC2)cc1. The third kappa shape index (κ3) is 4.49. The van der Waals surface area contributed by atoms with Crippen molar-refractivity contribution >= 4 is 11.8 Å². The Morgan fingerprint density at radius 2 is 1.84 bits per heavy atom. The number of piperazine rings is 1. The number of carbonyl (C=O) groups excluding carboxylic acids is 2. The predicted octanol–water partition coefficient (Wildman–Crippen LogP) is 0.358. The third-order valence-corrected chi connectivity index (χ3v) is 4.68. The molecule has 136 valence electrons. The molecule has 7 nitrogen and oxygen atoms in total. The number of carbonyl (C=O) groups is 2. The maximum atomic E-state index is 12.5. The molecule has 25 heavy (non-hydrogen) atoms. The molecule has 0 aliphatic carbocycles. The van der Waals surface area contributed by atoms with Gasteiger partial charge in [0.25, 0.3) is 5.91 Å². The topological polar surface area (TPSA) is 71.1 Å². The van der Waals surface area contributed by atoms with E-state index in [1.807, 2.05) is 4.90 Å².